The first-order valence-corrected chi connectivity index (χ1v) is 6.00. The van der Waals surface area contributed by atoms with Crippen molar-refractivity contribution in [1.29, 1.82) is 5.26 Å². The van der Waals surface area contributed by atoms with Gasteiger partial charge in [0, 0.05) is 6.07 Å². The molecule has 3 heteroatoms. The molecule has 0 saturated heterocycles. The molecule has 0 heterocycles. The summed E-state index contributed by atoms with van der Waals surface area (Å²) in [5.41, 5.74) is 2.78. The minimum Gasteiger partial charge on any atom is -0.497 e. The first kappa shape index (κ1) is 13.0. The molecular weight excluding hydrogens is 238 g/mol. The summed E-state index contributed by atoms with van der Waals surface area (Å²) in [4.78, 5) is 0. The number of ether oxygens (including phenoxy) is 2. The van der Waals surface area contributed by atoms with Crippen LogP contribution in [0.3, 0.4) is 0 Å². The predicted octanol–water partition coefficient (Wildman–Crippen LogP) is 3.45. The zero-order chi connectivity index (χ0) is 13.7. The van der Waals surface area contributed by atoms with Gasteiger partial charge < -0.3 is 9.47 Å². The minimum atomic E-state index is 0.439. The lowest BCUT2D eigenvalue weighted by Gasteiger charge is -2.11. The third kappa shape index (κ3) is 3.05. The van der Waals surface area contributed by atoms with Crippen molar-refractivity contribution in [1.82, 2.24) is 0 Å². The molecule has 0 radical (unpaired) electrons. The highest BCUT2D eigenvalue weighted by molar-refractivity contribution is 5.47. The molecular formula is C16H15NO2. The molecule has 0 aromatic heterocycles. The van der Waals surface area contributed by atoms with Crippen LogP contribution >= 0.6 is 0 Å². The molecule has 0 aliphatic heterocycles. The van der Waals surface area contributed by atoms with Crippen LogP contribution < -0.4 is 9.47 Å². The number of nitriles is 1. The standard InChI is InChI=1S/C16H15NO2/c1-12-5-3-4-6-14(12)11-19-16-9-15(18-2)8-7-13(16)10-17/h3-9H,11H2,1-2H3. The Labute approximate surface area is 113 Å². The average Bonchev–Trinajstić information content (AvgIpc) is 2.46. The van der Waals surface area contributed by atoms with Crippen LogP contribution in [0.1, 0.15) is 16.7 Å². The van der Waals surface area contributed by atoms with Crippen LogP contribution in [0.25, 0.3) is 0 Å². The molecule has 0 amide bonds. The summed E-state index contributed by atoms with van der Waals surface area (Å²) in [5, 5.41) is 9.06. The molecule has 0 fully saturated rings. The molecule has 0 saturated carbocycles. The van der Waals surface area contributed by atoms with E-state index in [1.54, 1.807) is 25.3 Å². The van der Waals surface area contributed by atoms with Gasteiger partial charge in [0.1, 0.15) is 24.2 Å². The quantitative estimate of drug-likeness (QED) is 0.838. The fourth-order valence-corrected chi connectivity index (χ4v) is 1.77. The molecule has 0 bridgehead atoms. The van der Waals surface area contributed by atoms with Crippen molar-refractivity contribution in [3.05, 3.63) is 59.2 Å². The number of rotatable bonds is 4. The zero-order valence-corrected chi connectivity index (χ0v) is 11.0. The van der Waals surface area contributed by atoms with Crippen LogP contribution in [-0.4, -0.2) is 7.11 Å². The SMILES string of the molecule is COc1ccc(C#N)c(OCc2ccccc2C)c1. The molecule has 0 aliphatic carbocycles. The first-order valence-electron chi connectivity index (χ1n) is 6.00. The Morgan fingerprint density at radius 1 is 1.16 bits per heavy atom. The van der Waals surface area contributed by atoms with E-state index in [1.165, 1.54) is 5.56 Å². The summed E-state index contributed by atoms with van der Waals surface area (Å²) >= 11 is 0. The van der Waals surface area contributed by atoms with Crippen LogP contribution in [-0.2, 0) is 6.61 Å². The number of hydrogen-bond acceptors (Lipinski definition) is 3. The second-order valence-corrected chi connectivity index (χ2v) is 4.19. The van der Waals surface area contributed by atoms with Crippen LogP contribution in [0.4, 0.5) is 0 Å². The van der Waals surface area contributed by atoms with Crippen LogP contribution in [0.2, 0.25) is 0 Å². The molecule has 19 heavy (non-hydrogen) atoms. The van der Waals surface area contributed by atoms with Crippen molar-refractivity contribution in [2.45, 2.75) is 13.5 Å². The molecule has 0 aliphatic rings. The number of benzene rings is 2. The lowest BCUT2D eigenvalue weighted by atomic mass is 10.1. The topological polar surface area (TPSA) is 42.2 Å². The summed E-state index contributed by atoms with van der Waals surface area (Å²) in [7, 11) is 1.59. The normalized spacial score (nSPS) is 9.74. The maximum absolute atomic E-state index is 9.06. The molecule has 0 spiro atoms. The summed E-state index contributed by atoms with van der Waals surface area (Å²) in [5.74, 6) is 1.23. The number of hydrogen-bond donors (Lipinski definition) is 0. The fourth-order valence-electron chi connectivity index (χ4n) is 1.77. The van der Waals surface area contributed by atoms with Gasteiger partial charge in [-0.3, -0.25) is 0 Å². The highest BCUT2D eigenvalue weighted by Gasteiger charge is 2.06. The second kappa shape index (κ2) is 5.92. The zero-order valence-electron chi connectivity index (χ0n) is 11.0. The van der Waals surface area contributed by atoms with E-state index in [2.05, 4.69) is 6.07 Å². The van der Waals surface area contributed by atoms with Gasteiger partial charge in [-0.25, -0.2) is 0 Å². The predicted molar refractivity (Wildman–Crippen MR) is 73.2 cm³/mol. The third-order valence-corrected chi connectivity index (χ3v) is 2.95. The highest BCUT2D eigenvalue weighted by Crippen LogP contribution is 2.25. The Morgan fingerprint density at radius 3 is 2.63 bits per heavy atom. The van der Waals surface area contributed by atoms with Gasteiger partial charge in [0.25, 0.3) is 0 Å². The minimum absolute atomic E-state index is 0.439. The molecule has 3 nitrogen and oxygen atoms in total. The Kier molecular flexibility index (Phi) is 4.04. The van der Waals surface area contributed by atoms with E-state index >= 15 is 0 Å². The van der Waals surface area contributed by atoms with E-state index in [1.807, 2.05) is 31.2 Å². The third-order valence-electron chi connectivity index (χ3n) is 2.95. The van der Waals surface area contributed by atoms with E-state index < -0.39 is 0 Å². The highest BCUT2D eigenvalue weighted by atomic mass is 16.5. The monoisotopic (exact) mass is 253 g/mol. The molecule has 0 N–H and O–H groups in total. The van der Waals surface area contributed by atoms with Crippen molar-refractivity contribution in [2.24, 2.45) is 0 Å². The number of nitrogens with zero attached hydrogens (tertiary/aromatic N) is 1. The van der Waals surface area contributed by atoms with Gasteiger partial charge in [0.2, 0.25) is 0 Å². The van der Waals surface area contributed by atoms with E-state index in [-0.39, 0.29) is 0 Å². The largest absolute Gasteiger partial charge is 0.497 e. The lowest BCUT2D eigenvalue weighted by Crippen LogP contribution is -1.99. The Balaban J connectivity index is 2.19. The van der Waals surface area contributed by atoms with Crippen molar-refractivity contribution in [2.75, 3.05) is 7.11 Å². The maximum Gasteiger partial charge on any atom is 0.141 e. The average molecular weight is 253 g/mol. The van der Waals surface area contributed by atoms with Gasteiger partial charge in [-0.15, -0.1) is 0 Å². The summed E-state index contributed by atoms with van der Waals surface area (Å²) in [6.07, 6.45) is 0. The van der Waals surface area contributed by atoms with Crippen molar-refractivity contribution in [3.8, 4) is 17.6 Å². The number of aryl methyl sites for hydroxylation is 1. The van der Waals surface area contributed by atoms with E-state index in [0.29, 0.717) is 23.7 Å². The fraction of sp³-hybridized carbons (Fsp3) is 0.188. The summed E-state index contributed by atoms with van der Waals surface area (Å²) < 4.78 is 10.9. The molecule has 2 aromatic rings. The van der Waals surface area contributed by atoms with Crippen LogP contribution in [0.15, 0.2) is 42.5 Å². The first-order chi connectivity index (χ1) is 9.24. The van der Waals surface area contributed by atoms with E-state index in [4.69, 9.17) is 14.7 Å². The van der Waals surface area contributed by atoms with Gasteiger partial charge in [0.05, 0.1) is 12.7 Å². The molecule has 0 atom stereocenters. The summed E-state index contributed by atoms with van der Waals surface area (Å²) in [6, 6.07) is 15.3. The van der Waals surface area contributed by atoms with Gasteiger partial charge in [-0.2, -0.15) is 5.26 Å². The van der Waals surface area contributed by atoms with E-state index in [0.717, 1.165) is 5.56 Å². The molecule has 2 rings (SSSR count). The van der Waals surface area contributed by atoms with Crippen LogP contribution in [0, 0.1) is 18.3 Å². The molecule has 0 unspecified atom stereocenters. The van der Waals surface area contributed by atoms with E-state index in [9.17, 15) is 0 Å². The second-order valence-electron chi connectivity index (χ2n) is 4.19. The Bertz CT molecular complexity index is 614. The molecule has 96 valence electrons. The maximum atomic E-state index is 9.06. The van der Waals surface area contributed by atoms with Crippen LogP contribution in [0.5, 0.6) is 11.5 Å². The smallest absolute Gasteiger partial charge is 0.141 e. The molecule has 2 aromatic carbocycles. The van der Waals surface area contributed by atoms with Crippen molar-refractivity contribution < 1.29 is 9.47 Å². The van der Waals surface area contributed by atoms with Crippen molar-refractivity contribution >= 4 is 0 Å². The van der Waals surface area contributed by atoms with Gasteiger partial charge >= 0.3 is 0 Å². The number of methoxy groups -OCH3 is 1. The van der Waals surface area contributed by atoms with Crippen molar-refractivity contribution in [3.63, 3.8) is 0 Å². The van der Waals surface area contributed by atoms with Gasteiger partial charge in [0.15, 0.2) is 0 Å². The Morgan fingerprint density at radius 2 is 1.95 bits per heavy atom. The Hall–Kier alpha value is -2.47. The lowest BCUT2D eigenvalue weighted by molar-refractivity contribution is 0.302. The van der Waals surface area contributed by atoms with Gasteiger partial charge in [-0.05, 0) is 30.2 Å². The van der Waals surface area contributed by atoms with Gasteiger partial charge in [-0.1, -0.05) is 24.3 Å². The summed E-state index contributed by atoms with van der Waals surface area (Å²) in [6.45, 7) is 2.48.